The van der Waals surface area contributed by atoms with Crippen LogP contribution in [0.3, 0.4) is 0 Å². The maximum atomic E-state index is 12.7. The van der Waals surface area contributed by atoms with Crippen molar-refractivity contribution < 1.29 is 23.9 Å². The van der Waals surface area contributed by atoms with Crippen molar-refractivity contribution in [2.45, 2.75) is 175 Å². The summed E-state index contributed by atoms with van der Waals surface area (Å²) in [6.45, 7) is 11.1. The molecule has 0 heterocycles. The first-order chi connectivity index (χ1) is 25.3. The number of carbonyl (C=O) groups excluding carboxylic acids is 4. The van der Waals surface area contributed by atoms with Gasteiger partial charge in [-0.3, -0.25) is 19.2 Å². The van der Waals surface area contributed by atoms with Gasteiger partial charge >= 0.3 is 5.97 Å². The van der Waals surface area contributed by atoms with E-state index in [2.05, 4.69) is 33.6 Å². The number of allylic oxidation sites excluding steroid dienone is 2. The van der Waals surface area contributed by atoms with Gasteiger partial charge in [0.2, 0.25) is 0 Å². The molecular weight excluding hydrogens is 657 g/mol. The van der Waals surface area contributed by atoms with E-state index in [1.807, 2.05) is 12.2 Å². The molecular formula is C48H68O5. The van der Waals surface area contributed by atoms with Crippen molar-refractivity contribution >= 4 is 23.3 Å². The summed E-state index contributed by atoms with van der Waals surface area (Å²) in [6.07, 6.45) is 31.8. The van der Waals surface area contributed by atoms with Crippen molar-refractivity contribution in [3.8, 4) is 12.3 Å². The standard InChI is InChI=1S/C27H38O3.C21H30O2/c1-4-6-7-8-9-25(29)30-27(5-2)17-15-24-23-12-10-19-18-20(28)11-13-21(19)22(23)14-16-26(24,27)3;1-13(22)17-6-7-18-16-5-4-14-12-15(23)8-10-20(14,2)19(16)9-11-21(17,18)3/h2,18,21-24H,4,6-17H2,1,3H3;12,16-19H,4-11H2,1-3H3/t21-,22+,23+,24-,26-,27-;16-,17+,18-,19-,20-,21+/m00/s1. The Morgan fingerprint density at radius 2 is 1.51 bits per heavy atom. The molecule has 8 aliphatic rings. The third-order valence-electron chi connectivity index (χ3n) is 17.6. The van der Waals surface area contributed by atoms with Crippen molar-refractivity contribution in [2.24, 2.45) is 63.6 Å². The molecule has 290 valence electrons. The molecule has 6 fully saturated rings. The number of fused-ring (bicyclic) bond motifs is 10. The average molecular weight is 725 g/mol. The van der Waals surface area contributed by atoms with Crippen LogP contribution in [0.4, 0.5) is 0 Å². The zero-order chi connectivity index (χ0) is 37.8. The van der Waals surface area contributed by atoms with Crippen LogP contribution < -0.4 is 0 Å². The molecule has 0 aromatic heterocycles. The number of ether oxygens (including phenoxy) is 1. The highest BCUT2D eigenvalue weighted by Crippen LogP contribution is 2.68. The molecule has 5 heteroatoms. The molecule has 0 radical (unpaired) electrons. The molecule has 5 nitrogen and oxygen atoms in total. The monoisotopic (exact) mass is 725 g/mol. The van der Waals surface area contributed by atoms with E-state index in [4.69, 9.17) is 11.2 Å². The van der Waals surface area contributed by atoms with Gasteiger partial charge in [-0.1, -0.05) is 64.0 Å². The van der Waals surface area contributed by atoms with Crippen LogP contribution in [0.25, 0.3) is 0 Å². The van der Waals surface area contributed by atoms with Gasteiger partial charge in [-0.2, -0.15) is 0 Å². The Bertz CT molecular complexity index is 1580. The first-order valence-corrected chi connectivity index (χ1v) is 22.0. The summed E-state index contributed by atoms with van der Waals surface area (Å²) >= 11 is 0. The first-order valence-electron chi connectivity index (χ1n) is 22.0. The molecule has 0 aromatic carbocycles. The molecule has 6 saturated carbocycles. The number of esters is 1. The highest BCUT2D eigenvalue weighted by molar-refractivity contribution is 5.92. The molecule has 0 aliphatic heterocycles. The lowest BCUT2D eigenvalue weighted by Crippen LogP contribution is -2.53. The number of Topliss-reactive ketones (excluding diaryl/α,β-unsaturated/α-hetero) is 1. The van der Waals surface area contributed by atoms with Crippen LogP contribution >= 0.6 is 0 Å². The fourth-order valence-electron chi connectivity index (χ4n) is 14.8. The van der Waals surface area contributed by atoms with E-state index >= 15 is 0 Å². The summed E-state index contributed by atoms with van der Waals surface area (Å²) in [5.74, 6) is 8.96. The molecule has 0 unspecified atom stereocenters. The maximum Gasteiger partial charge on any atom is 0.307 e. The summed E-state index contributed by atoms with van der Waals surface area (Å²) in [4.78, 5) is 48.6. The maximum absolute atomic E-state index is 12.7. The lowest BCUT2D eigenvalue weighted by molar-refractivity contribution is -0.170. The number of ketones is 3. The largest absolute Gasteiger partial charge is 0.445 e. The molecule has 0 spiro atoms. The topological polar surface area (TPSA) is 77.5 Å². The van der Waals surface area contributed by atoms with Gasteiger partial charge in [-0.25, -0.2) is 0 Å². The zero-order valence-corrected chi connectivity index (χ0v) is 33.7. The Balaban J connectivity index is 0.000000170. The first kappa shape index (κ1) is 38.8. The van der Waals surface area contributed by atoms with Gasteiger partial charge in [0, 0.05) is 30.6 Å². The smallest absolute Gasteiger partial charge is 0.307 e. The van der Waals surface area contributed by atoms with Crippen molar-refractivity contribution in [3.05, 3.63) is 23.3 Å². The van der Waals surface area contributed by atoms with Gasteiger partial charge < -0.3 is 4.74 Å². The molecule has 12 atom stereocenters. The van der Waals surface area contributed by atoms with Gasteiger partial charge in [-0.15, -0.1) is 6.42 Å². The van der Waals surface area contributed by atoms with Gasteiger partial charge in [0.05, 0.1) is 0 Å². The second kappa shape index (κ2) is 14.9. The van der Waals surface area contributed by atoms with Crippen molar-refractivity contribution in [2.75, 3.05) is 0 Å². The number of unbranched alkanes of at least 4 members (excludes halogenated alkanes) is 3. The SMILES string of the molecule is C#C[C@]1(OC(=O)CCCCCC)CC[C@H]2[C@@H]3CCC4=CC(=O)CC[C@@H]4[C@H]3CC[C@@]21C.CC(=O)[C@H]1CC[C@H]2[C@@H]3CCC4=CC(=O)CC[C@]4(C)[C@H]3CC[C@]12C. The molecule has 0 saturated heterocycles. The normalized spacial score (nSPS) is 43.8. The summed E-state index contributed by atoms with van der Waals surface area (Å²) < 4.78 is 6.17. The Morgan fingerprint density at radius 1 is 0.755 bits per heavy atom. The molecule has 0 N–H and O–H groups in total. The molecule has 0 bridgehead atoms. The molecule has 8 rings (SSSR count). The molecule has 8 aliphatic carbocycles. The van der Waals surface area contributed by atoms with Gasteiger partial charge in [0.15, 0.2) is 17.2 Å². The van der Waals surface area contributed by atoms with Crippen LogP contribution in [0, 0.1) is 75.9 Å². The van der Waals surface area contributed by atoms with Crippen LogP contribution in [0.5, 0.6) is 0 Å². The second-order valence-electron chi connectivity index (χ2n) is 19.8. The Kier molecular flexibility index (Phi) is 10.9. The average Bonchev–Trinajstić information content (AvgIpc) is 3.64. The minimum Gasteiger partial charge on any atom is -0.445 e. The van der Waals surface area contributed by atoms with Crippen LogP contribution in [-0.4, -0.2) is 28.9 Å². The fraction of sp³-hybridized carbons (Fsp3) is 0.792. The van der Waals surface area contributed by atoms with E-state index < -0.39 is 5.60 Å². The van der Waals surface area contributed by atoms with E-state index in [1.165, 1.54) is 43.3 Å². The molecule has 0 amide bonds. The van der Waals surface area contributed by atoms with Crippen LogP contribution in [0.15, 0.2) is 23.3 Å². The van der Waals surface area contributed by atoms with Gasteiger partial charge in [0.1, 0.15) is 5.78 Å². The van der Waals surface area contributed by atoms with E-state index in [1.54, 1.807) is 6.92 Å². The molecule has 0 aromatic rings. The lowest BCUT2D eigenvalue weighted by atomic mass is 9.47. The van der Waals surface area contributed by atoms with E-state index in [9.17, 15) is 19.2 Å². The Labute approximate surface area is 320 Å². The van der Waals surface area contributed by atoms with Crippen molar-refractivity contribution in [1.29, 1.82) is 0 Å². The highest BCUT2D eigenvalue weighted by Gasteiger charge is 2.64. The third-order valence-corrected chi connectivity index (χ3v) is 17.6. The Hall–Kier alpha value is -2.48. The number of rotatable bonds is 7. The predicted octanol–water partition coefficient (Wildman–Crippen LogP) is 10.7. The number of hydrogen-bond acceptors (Lipinski definition) is 5. The number of terminal acetylenes is 1. The quantitative estimate of drug-likeness (QED) is 0.148. The van der Waals surface area contributed by atoms with Crippen LogP contribution in [-0.2, 0) is 23.9 Å². The minimum absolute atomic E-state index is 0.104. The summed E-state index contributed by atoms with van der Waals surface area (Å²) in [7, 11) is 0. The van der Waals surface area contributed by atoms with E-state index in [0.717, 1.165) is 108 Å². The Morgan fingerprint density at radius 3 is 2.26 bits per heavy atom. The van der Waals surface area contributed by atoms with E-state index in [0.29, 0.717) is 59.8 Å². The highest BCUT2D eigenvalue weighted by atomic mass is 16.6. The second-order valence-corrected chi connectivity index (χ2v) is 19.8. The number of hydrogen-bond donors (Lipinski definition) is 0. The van der Waals surface area contributed by atoms with E-state index in [-0.39, 0.29) is 22.2 Å². The zero-order valence-electron chi connectivity index (χ0n) is 33.7. The lowest BCUT2D eigenvalue weighted by Gasteiger charge is -2.58. The van der Waals surface area contributed by atoms with Crippen molar-refractivity contribution in [1.82, 2.24) is 0 Å². The minimum atomic E-state index is -0.733. The van der Waals surface area contributed by atoms with Crippen molar-refractivity contribution in [3.63, 3.8) is 0 Å². The van der Waals surface area contributed by atoms with Crippen LogP contribution in [0.2, 0.25) is 0 Å². The predicted molar refractivity (Wildman–Crippen MR) is 209 cm³/mol. The van der Waals surface area contributed by atoms with Gasteiger partial charge in [-0.05, 0) is 168 Å². The van der Waals surface area contributed by atoms with Gasteiger partial charge in [0.25, 0.3) is 0 Å². The summed E-state index contributed by atoms with van der Waals surface area (Å²) in [6, 6.07) is 0. The third kappa shape index (κ3) is 6.56. The fourth-order valence-corrected chi connectivity index (χ4v) is 14.8. The summed E-state index contributed by atoms with van der Waals surface area (Å²) in [5.41, 5.74) is 2.51. The summed E-state index contributed by atoms with van der Waals surface area (Å²) in [5, 5.41) is 0. The number of carbonyl (C=O) groups is 4. The van der Waals surface area contributed by atoms with Crippen LogP contribution in [0.1, 0.15) is 169 Å². The molecule has 53 heavy (non-hydrogen) atoms.